The number of likely N-dealkylation sites (tertiary alicyclic amines) is 1. The van der Waals surface area contributed by atoms with E-state index in [1.54, 1.807) is 0 Å². The molecule has 1 fully saturated rings. The van der Waals surface area contributed by atoms with E-state index < -0.39 is 0 Å². The van der Waals surface area contributed by atoms with Crippen molar-refractivity contribution in [3.63, 3.8) is 0 Å². The largest absolute Gasteiger partial charge is 0.316 e. The summed E-state index contributed by atoms with van der Waals surface area (Å²) in [4.78, 5) is 2.52. The predicted molar refractivity (Wildman–Crippen MR) is 79.4 cm³/mol. The van der Waals surface area contributed by atoms with Gasteiger partial charge in [-0.05, 0) is 53.8 Å². The second-order valence-corrected chi connectivity index (χ2v) is 5.82. The Labute approximate surface area is 117 Å². The third kappa shape index (κ3) is 3.37. The number of nitrogens with one attached hydrogen (secondary N) is 1. The molecular formula is C15H28N4. The second kappa shape index (κ2) is 6.53. The molecular weight excluding hydrogens is 236 g/mol. The molecule has 1 atom stereocenters. The topological polar surface area (TPSA) is 33.1 Å². The zero-order chi connectivity index (χ0) is 13.8. The van der Waals surface area contributed by atoms with Gasteiger partial charge in [-0.3, -0.25) is 4.68 Å². The number of hydrogen-bond donors (Lipinski definition) is 1. The zero-order valence-corrected chi connectivity index (χ0v) is 12.9. The van der Waals surface area contributed by atoms with E-state index in [1.807, 2.05) is 7.05 Å². The number of hydrogen-bond acceptors (Lipinski definition) is 3. The van der Waals surface area contributed by atoms with Crippen LogP contribution in [0.5, 0.6) is 0 Å². The summed E-state index contributed by atoms with van der Waals surface area (Å²) >= 11 is 0. The van der Waals surface area contributed by atoms with Gasteiger partial charge in [-0.25, -0.2) is 0 Å². The van der Waals surface area contributed by atoms with Crippen molar-refractivity contribution in [3.05, 3.63) is 17.0 Å². The maximum absolute atomic E-state index is 4.70. The van der Waals surface area contributed by atoms with Crippen molar-refractivity contribution in [2.24, 2.45) is 0 Å². The van der Waals surface area contributed by atoms with E-state index in [0.717, 1.165) is 19.1 Å². The molecule has 4 nitrogen and oxygen atoms in total. The Balaban J connectivity index is 1.97. The van der Waals surface area contributed by atoms with Crippen molar-refractivity contribution in [1.82, 2.24) is 20.0 Å². The van der Waals surface area contributed by atoms with E-state index >= 15 is 0 Å². The normalized spacial score (nSPS) is 20.9. The van der Waals surface area contributed by atoms with Crippen molar-refractivity contribution in [2.45, 2.75) is 58.7 Å². The lowest BCUT2D eigenvalue weighted by Gasteiger charge is -2.32. The van der Waals surface area contributed by atoms with Crippen molar-refractivity contribution in [1.29, 1.82) is 0 Å². The lowest BCUT2D eigenvalue weighted by Crippen LogP contribution is -2.36. The Morgan fingerprint density at radius 3 is 2.79 bits per heavy atom. The van der Waals surface area contributed by atoms with E-state index in [4.69, 9.17) is 5.10 Å². The third-order valence-electron chi connectivity index (χ3n) is 4.48. The summed E-state index contributed by atoms with van der Waals surface area (Å²) < 4.78 is 2.20. The fraction of sp³-hybridized carbons (Fsp3) is 0.800. The van der Waals surface area contributed by atoms with Crippen LogP contribution in [0.4, 0.5) is 0 Å². The summed E-state index contributed by atoms with van der Waals surface area (Å²) in [6, 6.07) is 0.741. The van der Waals surface area contributed by atoms with Crippen LogP contribution in [0.25, 0.3) is 0 Å². The van der Waals surface area contributed by atoms with Crippen LogP contribution < -0.4 is 5.32 Å². The summed E-state index contributed by atoms with van der Waals surface area (Å²) in [6.45, 7) is 7.53. The van der Waals surface area contributed by atoms with Crippen molar-refractivity contribution >= 4 is 0 Å². The summed E-state index contributed by atoms with van der Waals surface area (Å²) in [7, 11) is 4.25. The molecule has 4 heteroatoms. The second-order valence-electron chi connectivity index (χ2n) is 5.82. The quantitative estimate of drug-likeness (QED) is 0.884. The molecule has 0 saturated carbocycles. The van der Waals surface area contributed by atoms with Gasteiger partial charge in [0.1, 0.15) is 0 Å². The average molecular weight is 264 g/mol. The smallest absolute Gasteiger partial charge is 0.0641 e. The standard InChI is InChI=1S/C15H28N4/c1-12-15(11-16-3)13(2)19(17-12)10-8-14-7-5-6-9-18(14)4/h14,16H,5-11H2,1-4H3. The Morgan fingerprint density at radius 2 is 2.11 bits per heavy atom. The molecule has 2 rings (SSSR count). The monoisotopic (exact) mass is 264 g/mol. The van der Waals surface area contributed by atoms with Gasteiger partial charge in [0.2, 0.25) is 0 Å². The Hall–Kier alpha value is -0.870. The molecule has 0 radical (unpaired) electrons. The lowest BCUT2D eigenvalue weighted by atomic mass is 10.0. The molecule has 1 saturated heterocycles. The molecule has 1 aliphatic rings. The molecule has 108 valence electrons. The Morgan fingerprint density at radius 1 is 1.32 bits per heavy atom. The summed E-state index contributed by atoms with van der Waals surface area (Å²) in [5, 5.41) is 7.93. The molecule has 2 heterocycles. The lowest BCUT2D eigenvalue weighted by molar-refractivity contribution is 0.169. The van der Waals surface area contributed by atoms with Gasteiger partial charge in [-0.2, -0.15) is 5.10 Å². The number of piperidine rings is 1. The highest BCUT2D eigenvalue weighted by Crippen LogP contribution is 2.19. The van der Waals surface area contributed by atoms with Gasteiger partial charge in [-0.1, -0.05) is 6.42 Å². The van der Waals surface area contributed by atoms with Crippen LogP contribution in [0.15, 0.2) is 0 Å². The van der Waals surface area contributed by atoms with E-state index in [1.165, 1.54) is 49.2 Å². The van der Waals surface area contributed by atoms with Crippen molar-refractivity contribution < 1.29 is 0 Å². The predicted octanol–water partition coefficient (Wildman–Crippen LogP) is 2.09. The summed E-state index contributed by atoms with van der Waals surface area (Å²) in [6.07, 6.45) is 5.31. The highest BCUT2D eigenvalue weighted by molar-refractivity contribution is 5.24. The van der Waals surface area contributed by atoms with Crippen LogP contribution in [0.2, 0.25) is 0 Å². The average Bonchev–Trinajstić information content (AvgIpc) is 2.66. The molecule has 0 bridgehead atoms. The molecule has 1 aliphatic heterocycles. The highest BCUT2D eigenvalue weighted by Gasteiger charge is 2.19. The number of nitrogens with zero attached hydrogens (tertiary/aromatic N) is 3. The van der Waals surface area contributed by atoms with E-state index in [9.17, 15) is 0 Å². The fourth-order valence-electron chi connectivity index (χ4n) is 3.16. The first-order chi connectivity index (χ1) is 9.13. The first kappa shape index (κ1) is 14.5. The van der Waals surface area contributed by atoms with Crippen LogP contribution in [0, 0.1) is 13.8 Å². The Bertz CT molecular complexity index is 411. The third-order valence-corrected chi connectivity index (χ3v) is 4.48. The van der Waals surface area contributed by atoms with Gasteiger partial charge in [0, 0.05) is 30.4 Å². The SMILES string of the molecule is CNCc1c(C)nn(CCC2CCCCN2C)c1C. The molecule has 1 aromatic heterocycles. The first-order valence-corrected chi connectivity index (χ1v) is 7.51. The number of aromatic nitrogens is 2. The van der Waals surface area contributed by atoms with Crippen LogP contribution in [0.1, 0.15) is 42.6 Å². The van der Waals surface area contributed by atoms with Gasteiger partial charge >= 0.3 is 0 Å². The van der Waals surface area contributed by atoms with Crippen LogP contribution in [-0.4, -0.2) is 41.4 Å². The Kier molecular flexibility index (Phi) is 4.99. The maximum Gasteiger partial charge on any atom is 0.0641 e. The molecule has 0 aromatic carbocycles. The van der Waals surface area contributed by atoms with Gasteiger partial charge in [0.15, 0.2) is 0 Å². The van der Waals surface area contributed by atoms with Gasteiger partial charge < -0.3 is 10.2 Å². The highest BCUT2D eigenvalue weighted by atomic mass is 15.3. The molecule has 1 N–H and O–H groups in total. The number of aryl methyl sites for hydroxylation is 2. The molecule has 0 aliphatic carbocycles. The molecule has 1 unspecified atom stereocenters. The van der Waals surface area contributed by atoms with E-state index in [2.05, 4.69) is 35.8 Å². The van der Waals surface area contributed by atoms with Crippen molar-refractivity contribution in [2.75, 3.05) is 20.6 Å². The summed E-state index contributed by atoms with van der Waals surface area (Å²) in [5.74, 6) is 0. The van der Waals surface area contributed by atoms with Crippen LogP contribution in [-0.2, 0) is 13.1 Å². The van der Waals surface area contributed by atoms with Gasteiger partial charge in [0.25, 0.3) is 0 Å². The number of rotatable bonds is 5. The van der Waals surface area contributed by atoms with Crippen LogP contribution in [0.3, 0.4) is 0 Å². The minimum atomic E-state index is 0.741. The summed E-state index contributed by atoms with van der Waals surface area (Å²) in [5.41, 5.74) is 3.86. The zero-order valence-electron chi connectivity index (χ0n) is 12.9. The van der Waals surface area contributed by atoms with Crippen LogP contribution >= 0.6 is 0 Å². The minimum absolute atomic E-state index is 0.741. The molecule has 19 heavy (non-hydrogen) atoms. The van der Waals surface area contributed by atoms with Crippen molar-refractivity contribution in [3.8, 4) is 0 Å². The maximum atomic E-state index is 4.70. The molecule has 0 amide bonds. The molecule has 0 spiro atoms. The van der Waals surface area contributed by atoms with E-state index in [0.29, 0.717) is 0 Å². The van der Waals surface area contributed by atoms with E-state index in [-0.39, 0.29) is 0 Å². The minimum Gasteiger partial charge on any atom is -0.316 e. The van der Waals surface area contributed by atoms with Gasteiger partial charge in [0.05, 0.1) is 5.69 Å². The first-order valence-electron chi connectivity index (χ1n) is 7.51. The fourth-order valence-corrected chi connectivity index (χ4v) is 3.16. The molecule has 1 aromatic rings. The van der Waals surface area contributed by atoms with Gasteiger partial charge in [-0.15, -0.1) is 0 Å².